The van der Waals surface area contributed by atoms with E-state index in [1.807, 2.05) is 31.2 Å². The number of fused-ring (bicyclic) bond motifs is 1. The third-order valence-electron chi connectivity index (χ3n) is 3.89. The van der Waals surface area contributed by atoms with Gasteiger partial charge in [0.25, 0.3) is 10.0 Å². The molecular formula is C16H15Cl2NO2S. The molecule has 6 heteroatoms. The van der Waals surface area contributed by atoms with Crippen LogP contribution in [0.25, 0.3) is 0 Å². The van der Waals surface area contributed by atoms with E-state index in [0.29, 0.717) is 17.0 Å². The lowest BCUT2D eigenvalue weighted by atomic mass is 10.1. The number of halogens is 2. The SMILES string of the molecule is Cc1cc(S(=O)(=O)N2c3ccccc3CC2C)c(Cl)cc1Cl. The molecule has 0 saturated heterocycles. The zero-order chi connectivity index (χ0) is 16.1. The van der Waals surface area contributed by atoms with Gasteiger partial charge in [-0.1, -0.05) is 41.4 Å². The fourth-order valence-electron chi connectivity index (χ4n) is 2.84. The van der Waals surface area contributed by atoms with E-state index in [9.17, 15) is 8.42 Å². The number of para-hydroxylation sites is 1. The lowest BCUT2D eigenvalue weighted by Crippen LogP contribution is -2.35. The summed E-state index contributed by atoms with van der Waals surface area (Å²) in [6.45, 7) is 3.66. The van der Waals surface area contributed by atoms with Crippen molar-refractivity contribution in [2.75, 3.05) is 4.31 Å². The van der Waals surface area contributed by atoms with Crippen LogP contribution in [-0.2, 0) is 16.4 Å². The summed E-state index contributed by atoms with van der Waals surface area (Å²) in [5.41, 5.74) is 2.43. The van der Waals surface area contributed by atoms with Gasteiger partial charge in [0.05, 0.1) is 10.7 Å². The molecule has 0 saturated carbocycles. The van der Waals surface area contributed by atoms with Crippen molar-refractivity contribution in [2.24, 2.45) is 0 Å². The van der Waals surface area contributed by atoms with Gasteiger partial charge in [-0.2, -0.15) is 0 Å². The van der Waals surface area contributed by atoms with Gasteiger partial charge in [0, 0.05) is 11.1 Å². The van der Waals surface area contributed by atoms with E-state index in [1.165, 1.54) is 16.4 Å². The third kappa shape index (κ3) is 2.39. The molecule has 116 valence electrons. The van der Waals surface area contributed by atoms with Gasteiger partial charge in [-0.15, -0.1) is 0 Å². The summed E-state index contributed by atoms with van der Waals surface area (Å²) in [4.78, 5) is 0.0969. The molecule has 0 aliphatic carbocycles. The molecular weight excluding hydrogens is 341 g/mol. The number of hydrogen-bond acceptors (Lipinski definition) is 2. The largest absolute Gasteiger partial charge is 0.266 e. The minimum Gasteiger partial charge on any atom is -0.263 e. The van der Waals surface area contributed by atoms with Gasteiger partial charge in [0.1, 0.15) is 4.90 Å². The quantitative estimate of drug-likeness (QED) is 0.798. The van der Waals surface area contributed by atoms with Crippen molar-refractivity contribution < 1.29 is 8.42 Å². The Bertz CT molecular complexity index is 849. The molecule has 0 radical (unpaired) electrons. The van der Waals surface area contributed by atoms with Crippen molar-refractivity contribution in [3.63, 3.8) is 0 Å². The maximum Gasteiger partial charge on any atom is 0.266 e. The van der Waals surface area contributed by atoms with Crippen LogP contribution in [0.15, 0.2) is 41.3 Å². The Hall–Kier alpha value is -1.23. The molecule has 3 rings (SSSR count). The summed E-state index contributed by atoms with van der Waals surface area (Å²) in [6.07, 6.45) is 0.694. The minimum absolute atomic E-state index is 0.0969. The predicted molar refractivity (Wildman–Crippen MR) is 90.5 cm³/mol. The Labute approximate surface area is 140 Å². The standard InChI is InChI=1S/C16H15Cl2NO2S/c1-10-7-16(14(18)9-13(10)17)22(20,21)19-11(2)8-12-5-3-4-6-15(12)19/h3-7,9,11H,8H2,1-2H3. The molecule has 0 amide bonds. The fraction of sp³-hybridized carbons (Fsp3) is 0.250. The normalized spacial score (nSPS) is 17.6. The summed E-state index contributed by atoms with van der Waals surface area (Å²) >= 11 is 12.2. The molecule has 0 N–H and O–H groups in total. The van der Waals surface area contributed by atoms with Crippen LogP contribution >= 0.6 is 23.2 Å². The van der Waals surface area contributed by atoms with Crippen LogP contribution in [0.1, 0.15) is 18.1 Å². The van der Waals surface area contributed by atoms with Crippen molar-refractivity contribution in [2.45, 2.75) is 31.2 Å². The summed E-state index contributed by atoms with van der Waals surface area (Å²) in [5.74, 6) is 0. The summed E-state index contributed by atoms with van der Waals surface area (Å²) in [6, 6.07) is 10.4. The molecule has 1 aliphatic heterocycles. The van der Waals surface area contributed by atoms with E-state index in [1.54, 1.807) is 6.92 Å². The highest BCUT2D eigenvalue weighted by molar-refractivity contribution is 7.93. The summed E-state index contributed by atoms with van der Waals surface area (Å²) in [7, 11) is -3.73. The molecule has 22 heavy (non-hydrogen) atoms. The van der Waals surface area contributed by atoms with E-state index in [4.69, 9.17) is 23.2 Å². The van der Waals surface area contributed by atoms with Gasteiger partial charge in [-0.05, 0) is 49.6 Å². The van der Waals surface area contributed by atoms with E-state index in [-0.39, 0.29) is 16.0 Å². The van der Waals surface area contributed by atoms with Crippen LogP contribution in [0.5, 0.6) is 0 Å². The van der Waals surface area contributed by atoms with Crippen molar-refractivity contribution in [1.29, 1.82) is 0 Å². The first-order valence-electron chi connectivity index (χ1n) is 6.90. The highest BCUT2D eigenvalue weighted by Crippen LogP contribution is 2.39. The summed E-state index contributed by atoms with van der Waals surface area (Å²) < 4.78 is 27.6. The van der Waals surface area contributed by atoms with Crippen LogP contribution in [0, 0.1) is 6.92 Å². The zero-order valence-electron chi connectivity index (χ0n) is 12.2. The number of benzene rings is 2. The molecule has 1 unspecified atom stereocenters. The van der Waals surface area contributed by atoms with Crippen LogP contribution < -0.4 is 4.31 Å². The van der Waals surface area contributed by atoms with Gasteiger partial charge in [0.2, 0.25) is 0 Å². The van der Waals surface area contributed by atoms with E-state index < -0.39 is 10.0 Å². The topological polar surface area (TPSA) is 37.4 Å². The number of sulfonamides is 1. The van der Waals surface area contributed by atoms with Gasteiger partial charge < -0.3 is 0 Å². The number of nitrogens with zero attached hydrogens (tertiary/aromatic N) is 1. The molecule has 0 aromatic heterocycles. The number of aryl methyl sites for hydroxylation is 1. The minimum atomic E-state index is -3.73. The first-order valence-corrected chi connectivity index (χ1v) is 9.10. The molecule has 3 nitrogen and oxygen atoms in total. The Morgan fingerprint density at radius 3 is 2.55 bits per heavy atom. The molecule has 0 bridgehead atoms. The number of hydrogen-bond donors (Lipinski definition) is 0. The van der Waals surface area contributed by atoms with Crippen molar-refractivity contribution >= 4 is 38.9 Å². The second-order valence-electron chi connectivity index (χ2n) is 5.51. The maximum atomic E-state index is 13.1. The second kappa shape index (κ2) is 5.44. The van der Waals surface area contributed by atoms with Gasteiger partial charge >= 0.3 is 0 Å². The average molecular weight is 356 g/mol. The van der Waals surface area contributed by atoms with Crippen LogP contribution in [0.2, 0.25) is 10.0 Å². The van der Waals surface area contributed by atoms with Crippen molar-refractivity contribution in [1.82, 2.24) is 0 Å². The van der Waals surface area contributed by atoms with E-state index in [0.717, 1.165) is 11.3 Å². The van der Waals surface area contributed by atoms with Crippen LogP contribution in [0.4, 0.5) is 5.69 Å². The van der Waals surface area contributed by atoms with Crippen molar-refractivity contribution in [3.8, 4) is 0 Å². The van der Waals surface area contributed by atoms with Crippen molar-refractivity contribution in [3.05, 3.63) is 57.6 Å². The number of anilines is 1. The Kier molecular flexibility index (Phi) is 3.87. The molecule has 0 fully saturated rings. The monoisotopic (exact) mass is 355 g/mol. The molecule has 1 aliphatic rings. The molecule has 2 aromatic carbocycles. The molecule has 1 atom stereocenters. The molecule has 1 heterocycles. The molecule has 0 spiro atoms. The van der Waals surface area contributed by atoms with Crippen LogP contribution in [-0.4, -0.2) is 14.5 Å². The van der Waals surface area contributed by atoms with Gasteiger partial charge in [-0.25, -0.2) is 8.42 Å². The second-order valence-corrected chi connectivity index (χ2v) is 8.11. The lowest BCUT2D eigenvalue weighted by Gasteiger charge is -2.25. The summed E-state index contributed by atoms with van der Waals surface area (Å²) in [5, 5.41) is 0.603. The first kappa shape index (κ1) is 15.7. The lowest BCUT2D eigenvalue weighted by molar-refractivity contribution is 0.584. The predicted octanol–water partition coefficient (Wildman–Crippen LogP) is 4.44. The Morgan fingerprint density at radius 1 is 1.14 bits per heavy atom. The first-order chi connectivity index (χ1) is 10.3. The maximum absolute atomic E-state index is 13.1. The van der Waals surface area contributed by atoms with E-state index >= 15 is 0 Å². The third-order valence-corrected chi connectivity index (χ3v) is 6.69. The van der Waals surface area contributed by atoms with Crippen LogP contribution in [0.3, 0.4) is 0 Å². The highest BCUT2D eigenvalue weighted by Gasteiger charge is 2.37. The zero-order valence-corrected chi connectivity index (χ0v) is 14.5. The number of rotatable bonds is 2. The molecule has 2 aromatic rings. The smallest absolute Gasteiger partial charge is 0.263 e. The van der Waals surface area contributed by atoms with Gasteiger partial charge in [-0.3, -0.25) is 4.31 Å². The average Bonchev–Trinajstić information content (AvgIpc) is 2.79. The van der Waals surface area contributed by atoms with Gasteiger partial charge in [0.15, 0.2) is 0 Å². The highest BCUT2D eigenvalue weighted by atomic mass is 35.5. The Balaban J connectivity index is 2.17. The Morgan fingerprint density at radius 2 is 1.82 bits per heavy atom. The fourth-order valence-corrected chi connectivity index (χ4v) is 5.34. The van der Waals surface area contributed by atoms with E-state index in [2.05, 4.69) is 0 Å².